The molecule has 108 valence electrons. The van der Waals surface area contributed by atoms with E-state index < -0.39 is 0 Å². The van der Waals surface area contributed by atoms with Gasteiger partial charge < -0.3 is 10.2 Å². The van der Waals surface area contributed by atoms with Crippen LogP contribution >= 0.6 is 11.8 Å². The molecule has 1 amide bonds. The number of thioether (sulfide) groups is 1. The number of carbonyl (C=O) groups is 1. The molecule has 0 spiro atoms. The first-order valence-electron chi connectivity index (χ1n) is 7.31. The minimum Gasteiger partial charge on any atom is -0.338 e. The van der Waals surface area contributed by atoms with Crippen LogP contribution in [-0.2, 0) is 13.1 Å². The summed E-state index contributed by atoms with van der Waals surface area (Å²) in [5.41, 5.74) is 3.45. The number of nitrogens with one attached hydrogen (secondary N) is 1. The molecule has 0 aliphatic carbocycles. The third-order valence-corrected chi connectivity index (χ3v) is 5.58. The first-order chi connectivity index (χ1) is 9.55. The van der Waals surface area contributed by atoms with E-state index in [2.05, 4.69) is 31.3 Å². The first kappa shape index (κ1) is 14.0. The topological polar surface area (TPSA) is 32.3 Å². The second-order valence-electron chi connectivity index (χ2n) is 6.24. The molecule has 1 aromatic carbocycles. The number of amides is 1. The minimum atomic E-state index is 0.193. The predicted molar refractivity (Wildman–Crippen MR) is 84.0 cm³/mol. The van der Waals surface area contributed by atoms with Gasteiger partial charge in [0.15, 0.2) is 0 Å². The Kier molecular flexibility index (Phi) is 3.78. The fraction of sp³-hybridized carbons (Fsp3) is 0.562. The molecular formula is C16H22N2OS. The highest BCUT2D eigenvalue weighted by Gasteiger charge is 2.26. The van der Waals surface area contributed by atoms with Gasteiger partial charge >= 0.3 is 0 Å². The first-order valence-corrected chi connectivity index (χ1v) is 8.29. The van der Waals surface area contributed by atoms with Gasteiger partial charge in [0.05, 0.1) is 0 Å². The van der Waals surface area contributed by atoms with E-state index in [0.29, 0.717) is 0 Å². The van der Waals surface area contributed by atoms with Crippen LogP contribution in [0.2, 0.25) is 0 Å². The fourth-order valence-corrected chi connectivity index (χ4v) is 3.93. The van der Waals surface area contributed by atoms with Crippen LogP contribution in [0.5, 0.6) is 0 Å². The molecule has 2 aliphatic rings. The van der Waals surface area contributed by atoms with Crippen LogP contribution in [0.1, 0.15) is 41.8 Å². The molecule has 0 saturated carbocycles. The van der Waals surface area contributed by atoms with Crippen molar-refractivity contribution < 1.29 is 4.79 Å². The monoisotopic (exact) mass is 290 g/mol. The van der Waals surface area contributed by atoms with Gasteiger partial charge in [0.25, 0.3) is 5.91 Å². The third-order valence-electron chi connectivity index (χ3n) is 4.21. The van der Waals surface area contributed by atoms with Crippen LogP contribution in [0.3, 0.4) is 0 Å². The molecule has 0 atom stereocenters. The zero-order valence-corrected chi connectivity index (χ0v) is 13.1. The highest BCUT2D eigenvalue weighted by atomic mass is 32.2. The van der Waals surface area contributed by atoms with Crippen molar-refractivity contribution in [2.45, 2.75) is 38.1 Å². The molecule has 20 heavy (non-hydrogen) atoms. The summed E-state index contributed by atoms with van der Waals surface area (Å²) in [7, 11) is 0. The van der Waals surface area contributed by atoms with Crippen molar-refractivity contribution in [1.82, 2.24) is 10.2 Å². The molecular weight excluding hydrogens is 268 g/mol. The normalized spacial score (nSPS) is 21.4. The molecule has 1 saturated heterocycles. The number of hydrogen-bond acceptors (Lipinski definition) is 3. The number of fused-ring (bicyclic) bond motifs is 1. The lowest BCUT2D eigenvalue weighted by molar-refractivity contribution is 0.0764. The summed E-state index contributed by atoms with van der Waals surface area (Å²) in [4.78, 5) is 14.7. The fourth-order valence-electron chi connectivity index (χ4n) is 2.83. The maximum atomic E-state index is 12.7. The van der Waals surface area contributed by atoms with Gasteiger partial charge in [0, 0.05) is 42.2 Å². The standard InChI is InChI=1S/C16H22N2OS/c1-16(2)5-6-18(7-8-20-16)15(19)12-3-4-13-10-17-11-14(13)9-12/h3-4,9,17H,5-8,10-11H2,1-2H3. The summed E-state index contributed by atoms with van der Waals surface area (Å²) >= 11 is 1.97. The van der Waals surface area contributed by atoms with Crippen molar-refractivity contribution >= 4 is 17.7 Å². The van der Waals surface area contributed by atoms with Crippen molar-refractivity contribution in [2.75, 3.05) is 18.8 Å². The maximum Gasteiger partial charge on any atom is 0.253 e. The molecule has 2 aliphatic heterocycles. The number of nitrogens with zero attached hydrogens (tertiary/aromatic N) is 1. The molecule has 4 heteroatoms. The summed E-state index contributed by atoms with van der Waals surface area (Å²) in [6.45, 7) is 8.09. The van der Waals surface area contributed by atoms with Gasteiger partial charge in [0.1, 0.15) is 0 Å². The predicted octanol–water partition coefficient (Wildman–Crippen LogP) is 2.65. The molecule has 1 N–H and O–H groups in total. The number of rotatable bonds is 1. The lowest BCUT2D eigenvalue weighted by Crippen LogP contribution is -2.33. The Labute approximate surface area is 125 Å². The van der Waals surface area contributed by atoms with Gasteiger partial charge in [-0.2, -0.15) is 11.8 Å². The highest BCUT2D eigenvalue weighted by molar-refractivity contribution is 8.00. The van der Waals surface area contributed by atoms with E-state index in [9.17, 15) is 4.79 Å². The third kappa shape index (κ3) is 2.86. The Morgan fingerprint density at radius 3 is 2.90 bits per heavy atom. The van der Waals surface area contributed by atoms with Gasteiger partial charge in [-0.15, -0.1) is 0 Å². The van der Waals surface area contributed by atoms with Gasteiger partial charge in [-0.25, -0.2) is 0 Å². The van der Waals surface area contributed by atoms with Crippen molar-refractivity contribution in [3.8, 4) is 0 Å². The van der Waals surface area contributed by atoms with Gasteiger partial charge in [-0.1, -0.05) is 19.9 Å². The minimum absolute atomic E-state index is 0.193. The Balaban J connectivity index is 1.75. The Hall–Kier alpha value is -1.00. The Morgan fingerprint density at radius 2 is 2.05 bits per heavy atom. The SMILES string of the molecule is CC1(C)CCN(C(=O)c2ccc3c(c2)CNC3)CCS1. The summed E-state index contributed by atoms with van der Waals surface area (Å²) in [6.07, 6.45) is 1.07. The molecule has 3 rings (SSSR count). The van der Waals surface area contributed by atoms with E-state index >= 15 is 0 Å². The zero-order chi connectivity index (χ0) is 14.2. The molecule has 1 fully saturated rings. The Bertz CT molecular complexity index is 527. The quantitative estimate of drug-likeness (QED) is 0.863. The molecule has 2 heterocycles. The van der Waals surface area contributed by atoms with E-state index in [1.807, 2.05) is 22.7 Å². The summed E-state index contributed by atoms with van der Waals surface area (Å²) in [5.74, 6) is 1.23. The van der Waals surface area contributed by atoms with E-state index in [1.54, 1.807) is 0 Å². The largest absolute Gasteiger partial charge is 0.338 e. The second-order valence-corrected chi connectivity index (χ2v) is 8.04. The van der Waals surface area contributed by atoms with Crippen LogP contribution in [0, 0.1) is 0 Å². The van der Waals surface area contributed by atoms with E-state index in [-0.39, 0.29) is 10.7 Å². The van der Waals surface area contributed by atoms with Crippen LogP contribution < -0.4 is 5.32 Å². The van der Waals surface area contributed by atoms with Crippen molar-refractivity contribution in [2.24, 2.45) is 0 Å². The summed E-state index contributed by atoms with van der Waals surface area (Å²) in [5, 5.41) is 3.33. The zero-order valence-electron chi connectivity index (χ0n) is 12.2. The van der Waals surface area contributed by atoms with E-state index in [4.69, 9.17) is 0 Å². The molecule has 0 aromatic heterocycles. The number of hydrogen-bond donors (Lipinski definition) is 1. The second kappa shape index (κ2) is 5.41. The average molecular weight is 290 g/mol. The van der Waals surface area contributed by atoms with E-state index in [0.717, 1.165) is 43.9 Å². The number of benzene rings is 1. The van der Waals surface area contributed by atoms with Crippen LogP contribution in [-0.4, -0.2) is 34.4 Å². The molecule has 1 aromatic rings. The molecule has 0 bridgehead atoms. The van der Waals surface area contributed by atoms with Crippen LogP contribution in [0.4, 0.5) is 0 Å². The maximum absolute atomic E-state index is 12.7. The van der Waals surface area contributed by atoms with Crippen molar-refractivity contribution in [3.63, 3.8) is 0 Å². The molecule has 0 radical (unpaired) electrons. The van der Waals surface area contributed by atoms with Crippen molar-refractivity contribution in [1.29, 1.82) is 0 Å². The lowest BCUT2D eigenvalue weighted by atomic mass is 10.0. The van der Waals surface area contributed by atoms with E-state index in [1.165, 1.54) is 11.1 Å². The summed E-state index contributed by atoms with van der Waals surface area (Å²) in [6, 6.07) is 6.15. The van der Waals surface area contributed by atoms with Crippen LogP contribution in [0.15, 0.2) is 18.2 Å². The van der Waals surface area contributed by atoms with Crippen molar-refractivity contribution in [3.05, 3.63) is 34.9 Å². The summed E-state index contributed by atoms with van der Waals surface area (Å²) < 4.78 is 0.289. The van der Waals surface area contributed by atoms with Crippen LogP contribution in [0.25, 0.3) is 0 Å². The Morgan fingerprint density at radius 1 is 1.25 bits per heavy atom. The highest BCUT2D eigenvalue weighted by Crippen LogP contribution is 2.31. The van der Waals surface area contributed by atoms with Gasteiger partial charge in [-0.05, 0) is 29.7 Å². The van der Waals surface area contributed by atoms with Gasteiger partial charge in [0.2, 0.25) is 0 Å². The lowest BCUT2D eigenvalue weighted by Gasteiger charge is -2.23. The molecule has 3 nitrogen and oxygen atoms in total. The molecule has 0 unspecified atom stereocenters. The number of carbonyl (C=O) groups excluding carboxylic acids is 1. The van der Waals surface area contributed by atoms with Gasteiger partial charge in [-0.3, -0.25) is 4.79 Å². The average Bonchev–Trinajstić information content (AvgIpc) is 2.81. The smallest absolute Gasteiger partial charge is 0.253 e.